The molecule has 4 heteroatoms. The topological polar surface area (TPSA) is 46.0 Å². The summed E-state index contributed by atoms with van der Waals surface area (Å²) in [6.07, 6.45) is 1.61. The van der Waals surface area contributed by atoms with Gasteiger partial charge in [-0.3, -0.25) is 4.79 Å². The minimum absolute atomic E-state index is 0.118. The van der Waals surface area contributed by atoms with E-state index in [1.807, 2.05) is 0 Å². The maximum Gasteiger partial charge on any atom is 0.198 e. The van der Waals surface area contributed by atoms with E-state index in [1.54, 1.807) is 32.2 Å². The van der Waals surface area contributed by atoms with Gasteiger partial charge in [0.2, 0.25) is 0 Å². The summed E-state index contributed by atoms with van der Waals surface area (Å²) in [7, 11) is 0. The lowest BCUT2D eigenvalue weighted by atomic mass is 10.0. The third-order valence-corrected chi connectivity index (χ3v) is 3.17. The molecule has 3 rings (SSSR count). The zero-order chi connectivity index (χ0) is 13.6. The molecule has 0 unspecified atom stereocenters. The highest BCUT2D eigenvalue weighted by atomic mass is 19.1. The summed E-state index contributed by atoms with van der Waals surface area (Å²) in [6.45, 7) is 3.56. The van der Waals surface area contributed by atoms with E-state index < -0.39 is 0 Å². The van der Waals surface area contributed by atoms with E-state index in [0.717, 1.165) is 0 Å². The van der Waals surface area contributed by atoms with E-state index in [-0.39, 0.29) is 11.6 Å². The van der Waals surface area contributed by atoms with Gasteiger partial charge < -0.3 is 9.40 Å². The molecule has 1 aromatic carbocycles. The van der Waals surface area contributed by atoms with Gasteiger partial charge in [0, 0.05) is 22.7 Å². The number of benzene rings is 1. The molecule has 19 heavy (non-hydrogen) atoms. The van der Waals surface area contributed by atoms with E-state index in [9.17, 15) is 9.18 Å². The molecular weight excluding hydrogens is 245 g/mol. The third-order valence-electron chi connectivity index (χ3n) is 3.17. The molecule has 3 aromatic rings. The second kappa shape index (κ2) is 4.09. The molecule has 3 nitrogen and oxygen atoms in total. The Morgan fingerprint density at radius 3 is 2.68 bits per heavy atom. The molecule has 96 valence electrons. The SMILES string of the molecule is Cc1cc(C(=O)c2c[nH]c3cc(F)ccc23)c(C)o1. The molecule has 0 bridgehead atoms. The monoisotopic (exact) mass is 257 g/mol. The van der Waals surface area contributed by atoms with Gasteiger partial charge >= 0.3 is 0 Å². The molecule has 0 radical (unpaired) electrons. The molecule has 0 fully saturated rings. The van der Waals surface area contributed by atoms with Crippen molar-refractivity contribution in [2.75, 3.05) is 0 Å². The standard InChI is InChI=1S/C15H12FNO2/c1-8-5-12(9(2)19-8)15(18)13-7-17-14-6-10(16)3-4-11(13)14/h3-7,17H,1-2H3. The van der Waals surface area contributed by atoms with Crippen LogP contribution in [0.4, 0.5) is 4.39 Å². The molecule has 0 aliphatic rings. The quantitative estimate of drug-likeness (QED) is 0.711. The van der Waals surface area contributed by atoms with E-state index in [1.165, 1.54) is 12.1 Å². The first-order valence-corrected chi connectivity index (χ1v) is 5.94. The Hall–Kier alpha value is -2.36. The van der Waals surface area contributed by atoms with Crippen LogP contribution in [-0.2, 0) is 0 Å². The number of aromatic amines is 1. The number of hydrogen-bond donors (Lipinski definition) is 1. The molecule has 0 aliphatic heterocycles. The fourth-order valence-corrected chi connectivity index (χ4v) is 2.29. The average molecular weight is 257 g/mol. The van der Waals surface area contributed by atoms with E-state index in [4.69, 9.17) is 4.42 Å². The highest BCUT2D eigenvalue weighted by Crippen LogP contribution is 2.24. The van der Waals surface area contributed by atoms with Crippen molar-refractivity contribution in [3.05, 3.63) is 58.9 Å². The van der Waals surface area contributed by atoms with Crippen molar-refractivity contribution in [3.63, 3.8) is 0 Å². The molecule has 2 aromatic heterocycles. The van der Waals surface area contributed by atoms with Crippen molar-refractivity contribution < 1.29 is 13.6 Å². The van der Waals surface area contributed by atoms with Crippen LogP contribution in [-0.4, -0.2) is 10.8 Å². The van der Waals surface area contributed by atoms with Gasteiger partial charge in [0.05, 0.1) is 5.56 Å². The largest absolute Gasteiger partial charge is 0.466 e. The highest BCUT2D eigenvalue weighted by Gasteiger charge is 2.18. The summed E-state index contributed by atoms with van der Waals surface area (Å²) in [5, 5.41) is 0.713. The van der Waals surface area contributed by atoms with Crippen molar-refractivity contribution in [1.29, 1.82) is 0 Å². The fourth-order valence-electron chi connectivity index (χ4n) is 2.29. The minimum atomic E-state index is -0.330. The molecule has 0 saturated heterocycles. The van der Waals surface area contributed by atoms with Gasteiger partial charge in [-0.2, -0.15) is 0 Å². The number of aryl methyl sites for hydroxylation is 2. The molecular formula is C15H12FNO2. The number of carbonyl (C=O) groups is 1. The fraction of sp³-hybridized carbons (Fsp3) is 0.133. The normalized spacial score (nSPS) is 11.1. The summed E-state index contributed by atoms with van der Waals surface area (Å²) in [4.78, 5) is 15.4. The first-order valence-electron chi connectivity index (χ1n) is 5.94. The number of rotatable bonds is 2. The number of nitrogens with one attached hydrogen (secondary N) is 1. The van der Waals surface area contributed by atoms with Crippen LogP contribution in [0, 0.1) is 19.7 Å². The Morgan fingerprint density at radius 1 is 1.21 bits per heavy atom. The molecule has 0 aliphatic carbocycles. The minimum Gasteiger partial charge on any atom is -0.466 e. The number of hydrogen-bond acceptors (Lipinski definition) is 2. The zero-order valence-corrected chi connectivity index (χ0v) is 10.6. The molecule has 0 spiro atoms. The Bertz CT molecular complexity index is 783. The van der Waals surface area contributed by atoms with Crippen LogP contribution in [0.5, 0.6) is 0 Å². The zero-order valence-electron chi connectivity index (χ0n) is 10.6. The number of aromatic nitrogens is 1. The summed E-state index contributed by atoms with van der Waals surface area (Å²) < 4.78 is 18.5. The number of furan rings is 1. The molecule has 0 amide bonds. The van der Waals surface area contributed by atoms with E-state index in [2.05, 4.69) is 4.98 Å². The van der Waals surface area contributed by atoms with Crippen LogP contribution >= 0.6 is 0 Å². The summed E-state index contributed by atoms with van der Waals surface area (Å²) >= 11 is 0. The van der Waals surface area contributed by atoms with Crippen molar-refractivity contribution in [2.24, 2.45) is 0 Å². The predicted octanol–water partition coefficient (Wildman–Crippen LogP) is 3.75. The van der Waals surface area contributed by atoms with E-state index in [0.29, 0.717) is 33.6 Å². The van der Waals surface area contributed by atoms with Gasteiger partial charge in [-0.1, -0.05) is 0 Å². The van der Waals surface area contributed by atoms with Crippen LogP contribution < -0.4 is 0 Å². The lowest BCUT2D eigenvalue weighted by molar-refractivity contribution is 0.103. The van der Waals surface area contributed by atoms with Crippen molar-refractivity contribution in [3.8, 4) is 0 Å². The number of H-pyrrole nitrogens is 1. The smallest absolute Gasteiger partial charge is 0.198 e. The molecule has 2 heterocycles. The maximum absolute atomic E-state index is 13.1. The van der Waals surface area contributed by atoms with Gasteiger partial charge in [-0.05, 0) is 38.1 Å². The molecule has 0 atom stereocenters. The lowest BCUT2D eigenvalue weighted by Crippen LogP contribution is -2.00. The van der Waals surface area contributed by atoms with Gasteiger partial charge in [-0.15, -0.1) is 0 Å². The molecule has 0 saturated carbocycles. The summed E-state index contributed by atoms with van der Waals surface area (Å²) in [5.41, 5.74) is 1.68. The van der Waals surface area contributed by atoms with Gasteiger partial charge in [0.25, 0.3) is 0 Å². The van der Waals surface area contributed by atoms with Gasteiger partial charge in [0.1, 0.15) is 17.3 Å². The first kappa shape index (κ1) is 11.7. The molecule has 1 N–H and O–H groups in total. The first-order chi connectivity index (χ1) is 9.06. The summed E-state index contributed by atoms with van der Waals surface area (Å²) in [6, 6.07) is 6.05. The maximum atomic E-state index is 13.1. The van der Waals surface area contributed by atoms with Crippen molar-refractivity contribution in [1.82, 2.24) is 4.98 Å². The average Bonchev–Trinajstić information content (AvgIpc) is 2.91. The van der Waals surface area contributed by atoms with Crippen LogP contribution in [0.3, 0.4) is 0 Å². The highest BCUT2D eigenvalue weighted by molar-refractivity contribution is 6.16. The number of fused-ring (bicyclic) bond motifs is 1. The predicted molar refractivity (Wildman–Crippen MR) is 69.9 cm³/mol. The lowest BCUT2D eigenvalue weighted by Gasteiger charge is -1.97. The van der Waals surface area contributed by atoms with Crippen molar-refractivity contribution >= 4 is 16.7 Å². The second-order valence-electron chi connectivity index (χ2n) is 4.55. The van der Waals surface area contributed by atoms with Crippen LogP contribution in [0.15, 0.2) is 34.9 Å². The number of ketones is 1. The van der Waals surface area contributed by atoms with Crippen molar-refractivity contribution in [2.45, 2.75) is 13.8 Å². The number of halogens is 1. The number of carbonyl (C=O) groups excluding carboxylic acids is 1. The third kappa shape index (κ3) is 1.85. The Kier molecular flexibility index (Phi) is 2.52. The van der Waals surface area contributed by atoms with Gasteiger partial charge in [-0.25, -0.2) is 4.39 Å². The Balaban J connectivity index is 2.14. The van der Waals surface area contributed by atoms with E-state index >= 15 is 0 Å². The Labute approximate surface area is 109 Å². The van der Waals surface area contributed by atoms with Gasteiger partial charge in [0.15, 0.2) is 5.78 Å². The summed E-state index contributed by atoms with van der Waals surface area (Å²) in [5.74, 6) is 0.849. The van der Waals surface area contributed by atoms with Crippen LogP contribution in [0.1, 0.15) is 27.4 Å². The van der Waals surface area contributed by atoms with Crippen LogP contribution in [0.2, 0.25) is 0 Å². The van der Waals surface area contributed by atoms with Crippen LogP contribution in [0.25, 0.3) is 10.9 Å². The Morgan fingerprint density at radius 2 is 2.00 bits per heavy atom. The second-order valence-corrected chi connectivity index (χ2v) is 4.55.